The highest BCUT2D eigenvalue weighted by Crippen LogP contribution is 2.27. The first-order valence-electron chi connectivity index (χ1n) is 9.55. The number of anilines is 1. The van der Waals surface area contributed by atoms with Crippen LogP contribution in [0, 0.1) is 5.82 Å². The summed E-state index contributed by atoms with van der Waals surface area (Å²) < 4.78 is 21.3. The van der Waals surface area contributed by atoms with Crippen LogP contribution in [0.5, 0.6) is 5.75 Å². The number of halogens is 1. The first kappa shape index (κ1) is 20.3. The lowest BCUT2D eigenvalue weighted by Crippen LogP contribution is -2.07. The van der Waals surface area contributed by atoms with E-state index < -0.39 is 0 Å². The van der Waals surface area contributed by atoms with E-state index in [0.717, 1.165) is 22.6 Å². The number of hydrogen-bond donors (Lipinski definition) is 1. The molecule has 0 saturated heterocycles. The molecule has 0 saturated carbocycles. The summed E-state index contributed by atoms with van der Waals surface area (Å²) in [5.74, 6) is 0.881. The van der Waals surface area contributed by atoms with E-state index >= 15 is 0 Å². The Balaban J connectivity index is 1.63. The molecule has 9 heteroatoms. The number of ether oxygens (including phenoxy) is 1. The normalized spacial score (nSPS) is 11.5. The minimum absolute atomic E-state index is 0.247. The van der Waals surface area contributed by atoms with E-state index in [4.69, 9.17) is 9.57 Å². The Morgan fingerprint density at radius 2 is 2.03 bits per heavy atom. The monoisotopic (exact) mass is 420 g/mol. The summed E-state index contributed by atoms with van der Waals surface area (Å²) in [4.78, 5) is 9.25. The van der Waals surface area contributed by atoms with Crippen molar-refractivity contribution in [1.29, 1.82) is 0 Å². The van der Waals surface area contributed by atoms with Crippen LogP contribution in [-0.2, 0) is 11.4 Å². The molecule has 4 aromatic rings. The third-order valence-electron chi connectivity index (χ3n) is 4.87. The Hall–Kier alpha value is -4.01. The van der Waals surface area contributed by atoms with Crippen molar-refractivity contribution in [3.05, 3.63) is 72.1 Å². The Bertz CT molecular complexity index is 1240. The lowest BCUT2D eigenvalue weighted by Gasteiger charge is -2.13. The standard InChI is InChI=1S/C22H21FN6O2/c1-14(28-31-3)19-9-7-15(11-24-19)16-8-10-21(29-13-26-27-22(16)29)25-12-17-18(23)5-4-6-20(17)30-2/h4-11,13,25H,12H2,1-3H3/b28-14+. The maximum absolute atomic E-state index is 14.2. The number of rotatable bonds is 7. The number of oxime groups is 1. The van der Waals surface area contributed by atoms with E-state index in [0.29, 0.717) is 22.7 Å². The summed E-state index contributed by atoms with van der Waals surface area (Å²) in [5, 5.41) is 15.4. The lowest BCUT2D eigenvalue weighted by atomic mass is 10.1. The maximum Gasteiger partial charge on any atom is 0.170 e. The van der Waals surface area contributed by atoms with Crippen LogP contribution in [0.2, 0.25) is 0 Å². The van der Waals surface area contributed by atoms with Gasteiger partial charge in [-0.05, 0) is 37.3 Å². The van der Waals surface area contributed by atoms with Crippen LogP contribution in [0.1, 0.15) is 18.2 Å². The van der Waals surface area contributed by atoms with Gasteiger partial charge < -0.3 is 14.9 Å². The molecule has 1 aromatic carbocycles. The summed E-state index contributed by atoms with van der Waals surface area (Å²) >= 11 is 0. The average Bonchev–Trinajstić information content (AvgIpc) is 3.28. The molecule has 158 valence electrons. The van der Waals surface area contributed by atoms with Gasteiger partial charge in [-0.1, -0.05) is 17.3 Å². The van der Waals surface area contributed by atoms with Crippen molar-refractivity contribution >= 4 is 17.2 Å². The first-order valence-corrected chi connectivity index (χ1v) is 9.55. The van der Waals surface area contributed by atoms with Gasteiger partial charge in [-0.15, -0.1) is 10.2 Å². The molecule has 0 amide bonds. The summed E-state index contributed by atoms with van der Waals surface area (Å²) in [6, 6.07) is 12.4. The molecule has 31 heavy (non-hydrogen) atoms. The van der Waals surface area contributed by atoms with Gasteiger partial charge in [-0.25, -0.2) is 4.39 Å². The smallest absolute Gasteiger partial charge is 0.170 e. The Labute approximate surface area is 178 Å². The van der Waals surface area contributed by atoms with Gasteiger partial charge in [0.15, 0.2) is 5.65 Å². The second-order valence-corrected chi connectivity index (χ2v) is 6.72. The van der Waals surface area contributed by atoms with Crippen LogP contribution in [-0.4, -0.2) is 39.5 Å². The van der Waals surface area contributed by atoms with E-state index in [1.807, 2.05) is 35.6 Å². The summed E-state index contributed by atoms with van der Waals surface area (Å²) in [5.41, 5.74) is 4.26. The first-order chi connectivity index (χ1) is 15.1. The van der Waals surface area contributed by atoms with E-state index in [-0.39, 0.29) is 12.4 Å². The third kappa shape index (κ3) is 4.02. The molecule has 1 N–H and O–H groups in total. The zero-order valence-corrected chi connectivity index (χ0v) is 17.3. The number of aromatic nitrogens is 4. The molecule has 8 nitrogen and oxygen atoms in total. The topological polar surface area (TPSA) is 85.9 Å². The minimum Gasteiger partial charge on any atom is -0.496 e. The highest BCUT2D eigenvalue weighted by molar-refractivity contribution is 5.96. The van der Waals surface area contributed by atoms with Crippen LogP contribution in [0.3, 0.4) is 0 Å². The fraction of sp³-hybridized carbons (Fsp3) is 0.182. The van der Waals surface area contributed by atoms with E-state index in [1.54, 1.807) is 24.7 Å². The predicted molar refractivity (Wildman–Crippen MR) is 116 cm³/mol. The van der Waals surface area contributed by atoms with Crippen molar-refractivity contribution in [1.82, 2.24) is 19.6 Å². The van der Waals surface area contributed by atoms with Gasteiger partial charge in [0, 0.05) is 29.4 Å². The van der Waals surface area contributed by atoms with Crippen molar-refractivity contribution in [2.45, 2.75) is 13.5 Å². The molecule has 0 aliphatic heterocycles. The van der Waals surface area contributed by atoms with Crippen molar-refractivity contribution in [3.63, 3.8) is 0 Å². The number of hydrogen-bond acceptors (Lipinski definition) is 7. The Kier molecular flexibility index (Phi) is 5.74. The molecular weight excluding hydrogens is 399 g/mol. The molecule has 0 spiro atoms. The summed E-state index contributed by atoms with van der Waals surface area (Å²) in [6.07, 6.45) is 3.36. The molecule has 0 fully saturated rings. The van der Waals surface area contributed by atoms with Crippen LogP contribution in [0.25, 0.3) is 16.8 Å². The van der Waals surface area contributed by atoms with Crippen molar-refractivity contribution in [2.24, 2.45) is 5.16 Å². The Morgan fingerprint density at radius 3 is 2.77 bits per heavy atom. The van der Waals surface area contributed by atoms with E-state index in [1.165, 1.54) is 20.3 Å². The van der Waals surface area contributed by atoms with Crippen molar-refractivity contribution < 1.29 is 14.0 Å². The third-order valence-corrected chi connectivity index (χ3v) is 4.87. The number of nitrogens with one attached hydrogen (secondary N) is 1. The summed E-state index contributed by atoms with van der Waals surface area (Å²) in [7, 11) is 3.02. The zero-order valence-electron chi connectivity index (χ0n) is 17.3. The Morgan fingerprint density at radius 1 is 1.16 bits per heavy atom. The zero-order chi connectivity index (χ0) is 21.8. The molecule has 0 aliphatic rings. The van der Waals surface area contributed by atoms with E-state index in [9.17, 15) is 4.39 Å². The molecule has 3 aromatic heterocycles. The molecule has 0 bridgehead atoms. The molecule has 3 heterocycles. The predicted octanol–water partition coefficient (Wildman–Crippen LogP) is 3.92. The van der Waals surface area contributed by atoms with Crippen LogP contribution < -0.4 is 10.1 Å². The van der Waals surface area contributed by atoms with Gasteiger partial charge in [-0.3, -0.25) is 9.38 Å². The van der Waals surface area contributed by atoms with Gasteiger partial charge >= 0.3 is 0 Å². The largest absolute Gasteiger partial charge is 0.496 e. The molecule has 0 atom stereocenters. The summed E-state index contributed by atoms with van der Waals surface area (Å²) in [6.45, 7) is 2.07. The van der Waals surface area contributed by atoms with Gasteiger partial charge in [0.1, 0.15) is 36.5 Å². The number of benzene rings is 1. The highest BCUT2D eigenvalue weighted by Gasteiger charge is 2.13. The van der Waals surface area contributed by atoms with Gasteiger partial charge in [0.25, 0.3) is 0 Å². The SMILES string of the molecule is CO/N=C(\C)c1ccc(-c2ccc(NCc3c(F)cccc3OC)n3cnnc23)cn1. The molecular formula is C22H21FN6O2. The number of methoxy groups -OCH3 is 1. The fourth-order valence-corrected chi connectivity index (χ4v) is 3.31. The number of fused-ring (bicyclic) bond motifs is 1. The van der Waals surface area contributed by atoms with Crippen LogP contribution >= 0.6 is 0 Å². The molecule has 0 unspecified atom stereocenters. The minimum atomic E-state index is -0.332. The van der Waals surface area contributed by atoms with Crippen molar-refractivity contribution in [3.8, 4) is 16.9 Å². The second kappa shape index (κ2) is 8.78. The molecule has 0 aliphatic carbocycles. The van der Waals surface area contributed by atoms with Gasteiger partial charge in [0.05, 0.1) is 12.8 Å². The van der Waals surface area contributed by atoms with Gasteiger partial charge in [-0.2, -0.15) is 0 Å². The van der Waals surface area contributed by atoms with Crippen LogP contribution in [0.4, 0.5) is 10.2 Å². The molecule has 4 rings (SSSR count). The average molecular weight is 420 g/mol. The number of nitrogens with zero attached hydrogens (tertiary/aromatic N) is 5. The lowest BCUT2D eigenvalue weighted by molar-refractivity contribution is 0.213. The van der Waals surface area contributed by atoms with E-state index in [2.05, 4.69) is 25.7 Å². The van der Waals surface area contributed by atoms with Crippen molar-refractivity contribution in [2.75, 3.05) is 19.5 Å². The van der Waals surface area contributed by atoms with Crippen LogP contribution in [0.15, 0.2) is 60.1 Å². The maximum atomic E-state index is 14.2. The molecule has 0 radical (unpaired) electrons. The van der Waals surface area contributed by atoms with Gasteiger partial charge in [0.2, 0.25) is 0 Å². The number of pyridine rings is 2. The quantitative estimate of drug-likeness (QED) is 0.360. The second-order valence-electron chi connectivity index (χ2n) is 6.72. The fourth-order valence-electron chi connectivity index (χ4n) is 3.31. The highest BCUT2D eigenvalue weighted by atomic mass is 19.1.